The highest BCUT2D eigenvalue weighted by Crippen LogP contribution is 2.32. The zero-order valence-corrected chi connectivity index (χ0v) is 21.2. The topological polar surface area (TPSA) is 79.4 Å². The molecule has 2 aromatic carbocycles. The molecule has 0 spiro atoms. The number of anilines is 1. The van der Waals surface area contributed by atoms with Crippen molar-refractivity contribution in [3.05, 3.63) is 63.5 Å². The van der Waals surface area contributed by atoms with Crippen LogP contribution in [0.5, 0.6) is 0 Å². The number of amides is 1. The van der Waals surface area contributed by atoms with Crippen molar-refractivity contribution in [1.29, 1.82) is 0 Å². The maximum absolute atomic E-state index is 13.0. The number of carbonyl (C=O) groups excluding carboxylic acids is 1. The van der Waals surface area contributed by atoms with Crippen LogP contribution in [0.25, 0.3) is 11.3 Å². The molecule has 1 fully saturated rings. The minimum atomic E-state index is -3.59. The molecular weight excluding hydrogens is 501 g/mol. The second-order valence-corrected chi connectivity index (χ2v) is 12.0. The van der Waals surface area contributed by atoms with Crippen LogP contribution in [0.15, 0.2) is 52.7 Å². The molecule has 1 aliphatic heterocycles. The molecule has 1 saturated heterocycles. The van der Waals surface area contributed by atoms with E-state index < -0.39 is 10.0 Å². The third-order valence-electron chi connectivity index (χ3n) is 5.52. The maximum atomic E-state index is 13.0. The lowest BCUT2D eigenvalue weighted by molar-refractivity contribution is 0.102. The second-order valence-electron chi connectivity index (χ2n) is 8.41. The van der Waals surface area contributed by atoms with Gasteiger partial charge in [-0.3, -0.25) is 10.1 Å². The molecule has 0 aliphatic carbocycles. The van der Waals surface area contributed by atoms with Crippen LogP contribution in [0.3, 0.4) is 0 Å². The van der Waals surface area contributed by atoms with Crippen LogP contribution >= 0.6 is 34.5 Å². The van der Waals surface area contributed by atoms with Crippen molar-refractivity contribution >= 4 is 55.6 Å². The van der Waals surface area contributed by atoms with Crippen LogP contribution in [-0.2, 0) is 10.0 Å². The maximum Gasteiger partial charge on any atom is 0.257 e. The van der Waals surface area contributed by atoms with Gasteiger partial charge in [0.05, 0.1) is 15.6 Å². The van der Waals surface area contributed by atoms with Gasteiger partial charge in [0.15, 0.2) is 5.13 Å². The summed E-state index contributed by atoms with van der Waals surface area (Å²) < 4.78 is 27.6. The number of carbonyl (C=O) groups is 1. The number of nitrogens with one attached hydrogen (secondary N) is 1. The van der Waals surface area contributed by atoms with E-state index in [4.69, 9.17) is 23.2 Å². The lowest BCUT2D eigenvalue weighted by Gasteiger charge is -2.34. The van der Waals surface area contributed by atoms with Gasteiger partial charge in [-0.2, -0.15) is 4.31 Å². The smallest absolute Gasteiger partial charge is 0.257 e. The number of nitrogens with zero attached hydrogens (tertiary/aromatic N) is 2. The summed E-state index contributed by atoms with van der Waals surface area (Å²) >= 11 is 13.5. The molecule has 1 N–H and O–H groups in total. The molecule has 2 atom stereocenters. The summed E-state index contributed by atoms with van der Waals surface area (Å²) in [5.41, 5.74) is 1.69. The molecular formula is C23H23Cl2N3O3S2. The largest absolute Gasteiger partial charge is 0.298 e. The number of sulfonamides is 1. The van der Waals surface area contributed by atoms with E-state index in [1.165, 1.54) is 35.6 Å². The number of hydrogen-bond acceptors (Lipinski definition) is 5. The molecule has 0 saturated carbocycles. The summed E-state index contributed by atoms with van der Waals surface area (Å²) in [4.78, 5) is 17.3. The van der Waals surface area contributed by atoms with E-state index in [0.717, 1.165) is 6.42 Å². The fourth-order valence-electron chi connectivity index (χ4n) is 4.05. The molecule has 3 aromatic rings. The Kier molecular flexibility index (Phi) is 7.12. The van der Waals surface area contributed by atoms with Crippen LogP contribution in [-0.4, -0.2) is 36.7 Å². The summed E-state index contributed by atoms with van der Waals surface area (Å²) in [6, 6.07) is 11.1. The van der Waals surface area contributed by atoms with Gasteiger partial charge in [0.25, 0.3) is 5.91 Å². The van der Waals surface area contributed by atoms with E-state index >= 15 is 0 Å². The first kappa shape index (κ1) is 24.2. The van der Waals surface area contributed by atoms with E-state index in [0.29, 0.717) is 56.9 Å². The molecule has 4 rings (SSSR count). The molecule has 0 bridgehead atoms. The highest BCUT2D eigenvalue weighted by Gasteiger charge is 2.31. The average molecular weight is 524 g/mol. The van der Waals surface area contributed by atoms with E-state index in [-0.39, 0.29) is 10.8 Å². The second kappa shape index (κ2) is 9.72. The number of hydrogen-bond donors (Lipinski definition) is 1. The first-order valence-corrected chi connectivity index (χ1v) is 13.5. The summed E-state index contributed by atoms with van der Waals surface area (Å²) in [7, 11) is -3.59. The number of thiazole rings is 1. The molecule has 10 heteroatoms. The fourth-order valence-corrected chi connectivity index (χ4v) is 6.94. The Hall–Kier alpha value is -1.97. The zero-order valence-electron chi connectivity index (χ0n) is 18.1. The molecule has 174 valence electrons. The zero-order chi connectivity index (χ0) is 23.8. The molecule has 1 aromatic heterocycles. The van der Waals surface area contributed by atoms with Gasteiger partial charge >= 0.3 is 0 Å². The Morgan fingerprint density at radius 3 is 2.39 bits per heavy atom. The van der Waals surface area contributed by atoms with Gasteiger partial charge in [0.1, 0.15) is 0 Å². The molecule has 2 unspecified atom stereocenters. The lowest BCUT2D eigenvalue weighted by atomic mass is 9.94. The normalized spacial score (nSPS) is 19.4. The van der Waals surface area contributed by atoms with E-state index in [2.05, 4.69) is 24.1 Å². The van der Waals surface area contributed by atoms with Crippen LogP contribution in [0.2, 0.25) is 10.0 Å². The molecule has 33 heavy (non-hydrogen) atoms. The summed E-state index contributed by atoms with van der Waals surface area (Å²) in [6.07, 6.45) is 1.02. The van der Waals surface area contributed by atoms with Gasteiger partial charge in [0, 0.05) is 34.6 Å². The van der Waals surface area contributed by atoms with Crippen molar-refractivity contribution in [3.63, 3.8) is 0 Å². The fraction of sp³-hybridized carbons (Fsp3) is 0.304. The van der Waals surface area contributed by atoms with Gasteiger partial charge in [-0.25, -0.2) is 13.4 Å². The molecule has 1 amide bonds. The third-order valence-corrected chi connectivity index (χ3v) is 8.67. The van der Waals surface area contributed by atoms with Crippen molar-refractivity contribution in [3.8, 4) is 11.3 Å². The number of aromatic nitrogens is 1. The Morgan fingerprint density at radius 2 is 1.76 bits per heavy atom. The first-order chi connectivity index (χ1) is 15.6. The minimum absolute atomic E-state index is 0.189. The number of rotatable bonds is 5. The SMILES string of the molecule is CC1CC(C)CN(S(=O)(=O)c2ccc(C(=O)Nc3nc(-c4ccc(Cl)cc4Cl)cs3)cc2)C1. The van der Waals surface area contributed by atoms with Crippen molar-refractivity contribution in [2.45, 2.75) is 25.2 Å². The van der Waals surface area contributed by atoms with Gasteiger partial charge < -0.3 is 0 Å². The molecule has 0 radical (unpaired) electrons. The Labute approximate surface area is 207 Å². The lowest BCUT2D eigenvalue weighted by Crippen LogP contribution is -2.42. The van der Waals surface area contributed by atoms with Crippen molar-refractivity contribution in [2.24, 2.45) is 11.8 Å². The quantitative estimate of drug-likeness (QED) is 0.442. The summed E-state index contributed by atoms with van der Waals surface area (Å²) in [5.74, 6) is 0.265. The van der Waals surface area contributed by atoms with Crippen LogP contribution in [0, 0.1) is 11.8 Å². The first-order valence-electron chi connectivity index (χ1n) is 10.5. The summed E-state index contributed by atoms with van der Waals surface area (Å²) in [6.45, 7) is 5.16. The predicted octanol–water partition coefficient (Wildman–Crippen LogP) is 6.04. The highest BCUT2D eigenvalue weighted by molar-refractivity contribution is 7.89. The van der Waals surface area contributed by atoms with Crippen LogP contribution < -0.4 is 5.32 Å². The Morgan fingerprint density at radius 1 is 1.09 bits per heavy atom. The van der Waals surface area contributed by atoms with Gasteiger partial charge in [-0.05, 0) is 60.7 Å². The Balaban J connectivity index is 1.46. The van der Waals surface area contributed by atoms with E-state index in [1.807, 2.05) is 0 Å². The van der Waals surface area contributed by atoms with E-state index in [9.17, 15) is 13.2 Å². The predicted molar refractivity (Wildman–Crippen MR) is 134 cm³/mol. The van der Waals surface area contributed by atoms with Gasteiger partial charge in [-0.15, -0.1) is 11.3 Å². The number of benzene rings is 2. The number of halogens is 2. The number of piperidine rings is 1. The standard InChI is InChI=1S/C23H23Cl2N3O3S2/c1-14-9-15(2)12-28(11-14)33(30,31)18-6-3-16(4-7-18)22(29)27-23-26-21(13-32-23)19-8-5-17(24)10-20(19)25/h3-8,10,13-15H,9,11-12H2,1-2H3,(H,26,27,29). The van der Waals surface area contributed by atoms with Gasteiger partial charge in [-0.1, -0.05) is 37.0 Å². The monoisotopic (exact) mass is 523 g/mol. The van der Waals surface area contributed by atoms with Crippen molar-refractivity contribution in [1.82, 2.24) is 9.29 Å². The average Bonchev–Trinajstić information content (AvgIpc) is 3.21. The third kappa shape index (κ3) is 5.41. The minimum Gasteiger partial charge on any atom is -0.298 e. The summed E-state index contributed by atoms with van der Waals surface area (Å²) in [5, 5.41) is 5.96. The molecule has 1 aliphatic rings. The van der Waals surface area contributed by atoms with E-state index in [1.54, 1.807) is 27.9 Å². The van der Waals surface area contributed by atoms with Crippen LogP contribution in [0.4, 0.5) is 5.13 Å². The Bertz CT molecular complexity index is 1270. The molecule has 2 heterocycles. The van der Waals surface area contributed by atoms with Crippen molar-refractivity contribution in [2.75, 3.05) is 18.4 Å². The highest BCUT2D eigenvalue weighted by atomic mass is 35.5. The van der Waals surface area contributed by atoms with Crippen molar-refractivity contribution < 1.29 is 13.2 Å². The molecule has 6 nitrogen and oxygen atoms in total. The van der Waals surface area contributed by atoms with Gasteiger partial charge in [0.2, 0.25) is 10.0 Å². The van der Waals surface area contributed by atoms with Crippen LogP contribution in [0.1, 0.15) is 30.6 Å².